The molecular formula is C12H13BrN2S. The molecule has 2 heterocycles. The number of aryl methyl sites for hydroxylation is 1. The van der Waals surface area contributed by atoms with E-state index in [0.717, 1.165) is 28.7 Å². The van der Waals surface area contributed by atoms with E-state index in [-0.39, 0.29) is 0 Å². The second-order valence-electron chi connectivity index (χ2n) is 3.51. The first kappa shape index (κ1) is 11.7. The van der Waals surface area contributed by atoms with E-state index in [4.69, 9.17) is 0 Å². The van der Waals surface area contributed by atoms with Gasteiger partial charge in [-0.1, -0.05) is 29.3 Å². The zero-order valence-corrected chi connectivity index (χ0v) is 11.5. The maximum Gasteiger partial charge on any atom is 0.125 e. The van der Waals surface area contributed by atoms with Crippen LogP contribution in [0.4, 0.5) is 0 Å². The van der Waals surface area contributed by atoms with E-state index in [9.17, 15) is 0 Å². The van der Waals surface area contributed by atoms with Crippen molar-refractivity contribution in [2.75, 3.05) is 0 Å². The number of hydrogen-bond donors (Lipinski definition) is 0. The van der Waals surface area contributed by atoms with E-state index in [0.29, 0.717) is 0 Å². The Morgan fingerprint density at radius 3 is 2.94 bits per heavy atom. The molecule has 0 aliphatic carbocycles. The molecule has 0 unspecified atom stereocenters. The summed E-state index contributed by atoms with van der Waals surface area (Å²) in [4.78, 5) is 10.2. The highest BCUT2D eigenvalue weighted by Gasteiger charge is 2.10. The first-order valence-corrected chi connectivity index (χ1v) is 7.24. The van der Waals surface area contributed by atoms with Crippen molar-refractivity contribution in [1.82, 2.24) is 9.97 Å². The minimum atomic E-state index is 0.889. The number of alkyl halides is 1. The van der Waals surface area contributed by atoms with E-state index in [2.05, 4.69) is 38.9 Å². The largest absolute Gasteiger partial charge is 0.264 e. The monoisotopic (exact) mass is 296 g/mol. The van der Waals surface area contributed by atoms with Crippen molar-refractivity contribution in [1.29, 1.82) is 0 Å². The van der Waals surface area contributed by atoms with Crippen molar-refractivity contribution in [3.05, 3.63) is 35.1 Å². The Balaban J connectivity index is 2.36. The van der Waals surface area contributed by atoms with Gasteiger partial charge >= 0.3 is 0 Å². The summed E-state index contributed by atoms with van der Waals surface area (Å²) >= 11 is 5.27. The van der Waals surface area contributed by atoms with Crippen LogP contribution < -0.4 is 0 Å². The molecule has 16 heavy (non-hydrogen) atoms. The zero-order chi connectivity index (χ0) is 11.4. The molecule has 0 aliphatic heterocycles. The second kappa shape index (κ2) is 5.55. The summed E-state index contributed by atoms with van der Waals surface area (Å²) in [5, 5.41) is 1.96. The third-order valence-corrected chi connectivity index (χ3v) is 4.37. The van der Waals surface area contributed by atoms with Gasteiger partial charge in [0.2, 0.25) is 0 Å². The predicted molar refractivity (Wildman–Crippen MR) is 72.0 cm³/mol. The number of nitrogens with zero attached hydrogens (tertiary/aromatic N) is 2. The lowest BCUT2D eigenvalue weighted by atomic mass is 10.2. The third kappa shape index (κ3) is 2.50. The Morgan fingerprint density at radius 1 is 1.44 bits per heavy atom. The Morgan fingerprint density at radius 2 is 2.31 bits per heavy atom. The van der Waals surface area contributed by atoms with Crippen LogP contribution in [-0.2, 0) is 11.8 Å². The lowest BCUT2D eigenvalue weighted by Gasteiger charge is -1.94. The Hall–Kier alpha value is -0.740. The topological polar surface area (TPSA) is 25.8 Å². The molecule has 4 heteroatoms. The van der Waals surface area contributed by atoms with Gasteiger partial charge in [0.15, 0.2) is 0 Å². The van der Waals surface area contributed by atoms with Crippen LogP contribution >= 0.6 is 27.3 Å². The molecule has 0 amide bonds. The number of hydrogen-bond acceptors (Lipinski definition) is 3. The molecule has 0 bridgehead atoms. The summed E-state index contributed by atoms with van der Waals surface area (Å²) in [6.45, 7) is 2.18. The highest BCUT2D eigenvalue weighted by Crippen LogP contribution is 2.29. The minimum Gasteiger partial charge on any atom is -0.264 e. The van der Waals surface area contributed by atoms with Crippen LogP contribution in [0.2, 0.25) is 0 Å². The number of pyridine rings is 1. The van der Waals surface area contributed by atoms with Gasteiger partial charge in [-0.2, -0.15) is 0 Å². The minimum absolute atomic E-state index is 0.889. The van der Waals surface area contributed by atoms with Crippen LogP contribution in [0.1, 0.15) is 23.9 Å². The summed E-state index contributed by atoms with van der Waals surface area (Å²) in [6, 6.07) is 4.00. The summed E-state index contributed by atoms with van der Waals surface area (Å²) in [5.74, 6) is 0. The molecule has 0 fully saturated rings. The molecule has 0 saturated heterocycles. The van der Waals surface area contributed by atoms with Gasteiger partial charge in [-0.25, -0.2) is 4.98 Å². The molecule has 0 saturated carbocycles. The zero-order valence-electron chi connectivity index (χ0n) is 9.11. The highest BCUT2D eigenvalue weighted by atomic mass is 79.9. The van der Waals surface area contributed by atoms with Gasteiger partial charge in [0.05, 0.1) is 5.69 Å². The Kier molecular flexibility index (Phi) is 4.07. The van der Waals surface area contributed by atoms with E-state index in [1.165, 1.54) is 10.6 Å². The second-order valence-corrected chi connectivity index (χ2v) is 5.16. The molecule has 2 rings (SSSR count). The van der Waals surface area contributed by atoms with Crippen molar-refractivity contribution in [3.63, 3.8) is 0 Å². The fraction of sp³-hybridized carbons (Fsp3) is 0.333. The maximum absolute atomic E-state index is 4.69. The summed E-state index contributed by atoms with van der Waals surface area (Å²) in [7, 11) is 0. The van der Waals surface area contributed by atoms with Gasteiger partial charge in [-0.05, 0) is 18.6 Å². The first-order valence-electron chi connectivity index (χ1n) is 5.30. The van der Waals surface area contributed by atoms with E-state index >= 15 is 0 Å². The smallest absolute Gasteiger partial charge is 0.125 e. The maximum atomic E-state index is 4.69. The van der Waals surface area contributed by atoms with E-state index in [1.807, 2.05) is 12.3 Å². The number of aromatic nitrogens is 2. The molecule has 84 valence electrons. The Bertz CT molecular complexity index is 453. The fourth-order valence-corrected chi connectivity index (χ4v) is 3.15. The number of rotatable bonds is 4. The van der Waals surface area contributed by atoms with Gasteiger partial charge in [0.1, 0.15) is 5.01 Å². The Labute approximate surface area is 108 Å². The predicted octanol–water partition coefficient (Wildman–Crippen LogP) is 4.05. The van der Waals surface area contributed by atoms with Crippen molar-refractivity contribution < 1.29 is 0 Å². The van der Waals surface area contributed by atoms with Crippen LogP contribution in [0.5, 0.6) is 0 Å². The van der Waals surface area contributed by atoms with Crippen molar-refractivity contribution >= 4 is 27.3 Å². The summed E-state index contributed by atoms with van der Waals surface area (Å²) in [5.41, 5.74) is 2.33. The molecule has 2 aromatic rings. The van der Waals surface area contributed by atoms with Gasteiger partial charge in [0, 0.05) is 28.2 Å². The third-order valence-electron chi connectivity index (χ3n) is 2.29. The molecular weight excluding hydrogens is 284 g/mol. The van der Waals surface area contributed by atoms with Gasteiger partial charge < -0.3 is 0 Å². The van der Waals surface area contributed by atoms with Crippen LogP contribution in [0, 0.1) is 0 Å². The number of thiazole rings is 1. The van der Waals surface area contributed by atoms with Crippen LogP contribution in [0.3, 0.4) is 0 Å². The lowest BCUT2D eigenvalue weighted by Crippen LogP contribution is -1.87. The normalized spacial score (nSPS) is 10.6. The molecule has 0 aromatic carbocycles. The van der Waals surface area contributed by atoms with Gasteiger partial charge in [-0.15, -0.1) is 11.3 Å². The molecule has 0 aliphatic rings. The average Bonchev–Trinajstić information content (AvgIpc) is 2.74. The molecule has 0 spiro atoms. The first-order chi connectivity index (χ1) is 7.85. The molecule has 0 N–H and O–H groups in total. The van der Waals surface area contributed by atoms with Crippen molar-refractivity contribution in [2.45, 2.75) is 25.1 Å². The summed E-state index contributed by atoms with van der Waals surface area (Å²) < 4.78 is 0. The van der Waals surface area contributed by atoms with Crippen molar-refractivity contribution in [2.24, 2.45) is 0 Å². The molecule has 0 atom stereocenters. The van der Waals surface area contributed by atoms with Crippen molar-refractivity contribution in [3.8, 4) is 10.6 Å². The van der Waals surface area contributed by atoms with Gasteiger partial charge in [-0.3, -0.25) is 4.98 Å². The molecule has 0 radical (unpaired) electrons. The average molecular weight is 297 g/mol. The quantitative estimate of drug-likeness (QED) is 0.796. The van der Waals surface area contributed by atoms with E-state index < -0.39 is 0 Å². The fourth-order valence-electron chi connectivity index (χ4n) is 1.53. The summed E-state index contributed by atoms with van der Waals surface area (Å²) in [6.07, 6.45) is 5.84. The van der Waals surface area contributed by atoms with E-state index in [1.54, 1.807) is 17.5 Å². The standard InChI is InChI=1S/C12H13BrN2S/c1-2-4-10-11(7-13)16-12(15-10)9-5-3-6-14-8-9/h3,5-6,8H,2,4,7H2,1H3. The number of halogens is 1. The van der Waals surface area contributed by atoms with Gasteiger partial charge in [0.25, 0.3) is 0 Å². The lowest BCUT2D eigenvalue weighted by molar-refractivity contribution is 0.885. The highest BCUT2D eigenvalue weighted by molar-refractivity contribution is 9.08. The SMILES string of the molecule is CCCc1nc(-c2cccnc2)sc1CBr. The van der Waals surface area contributed by atoms with Crippen LogP contribution in [-0.4, -0.2) is 9.97 Å². The molecule has 2 aromatic heterocycles. The molecule has 2 nitrogen and oxygen atoms in total. The van der Waals surface area contributed by atoms with Crippen LogP contribution in [0.25, 0.3) is 10.6 Å². The van der Waals surface area contributed by atoms with Crippen LogP contribution in [0.15, 0.2) is 24.5 Å².